The van der Waals surface area contributed by atoms with Crippen LogP contribution in [0.3, 0.4) is 0 Å². The summed E-state index contributed by atoms with van der Waals surface area (Å²) in [5, 5.41) is 5.97. The molecule has 0 bridgehead atoms. The standard InChI is InChI=1S/C7H12N2O2/c10-6-3-8-7(9-6)5-1-2-11-4-5/h5,7-8H,1-4H2,(H,9,10). The van der Waals surface area contributed by atoms with Gasteiger partial charge in [0, 0.05) is 12.5 Å². The lowest BCUT2D eigenvalue weighted by molar-refractivity contribution is -0.118. The molecule has 2 heterocycles. The van der Waals surface area contributed by atoms with Gasteiger partial charge in [0.15, 0.2) is 0 Å². The minimum atomic E-state index is 0.0990. The summed E-state index contributed by atoms with van der Waals surface area (Å²) in [7, 11) is 0. The van der Waals surface area contributed by atoms with E-state index in [4.69, 9.17) is 4.74 Å². The van der Waals surface area contributed by atoms with Crippen molar-refractivity contribution in [3.05, 3.63) is 0 Å². The van der Waals surface area contributed by atoms with Crippen LogP contribution in [0.25, 0.3) is 0 Å². The minimum Gasteiger partial charge on any atom is -0.381 e. The zero-order chi connectivity index (χ0) is 7.68. The molecule has 4 nitrogen and oxygen atoms in total. The zero-order valence-corrected chi connectivity index (χ0v) is 6.30. The summed E-state index contributed by atoms with van der Waals surface area (Å²) in [5.74, 6) is 0.573. The molecule has 2 unspecified atom stereocenters. The Balaban J connectivity index is 1.90. The van der Waals surface area contributed by atoms with Crippen molar-refractivity contribution in [3.8, 4) is 0 Å². The van der Waals surface area contributed by atoms with E-state index in [1.165, 1.54) is 0 Å². The third-order valence-electron chi connectivity index (χ3n) is 2.24. The molecule has 0 aromatic rings. The number of hydrogen-bond acceptors (Lipinski definition) is 3. The second-order valence-corrected chi connectivity index (χ2v) is 3.05. The number of ether oxygens (including phenoxy) is 1. The Kier molecular flexibility index (Phi) is 1.79. The fourth-order valence-corrected chi connectivity index (χ4v) is 1.58. The van der Waals surface area contributed by atoms with E-state index in [1.807, 2.05) is 0 Å². The zero-order valence-electron chi connectivity index (χ0n) is 6.30. The molecule has 2 atom stereocenters. The first-order chi connectivity index (χ1) is 5.36. The van der Waals surface area contributed by atoms with Gasteiger partial charge in [0.05, 0.1) is 19.3 Å². The Hall–Kier alpha value is -0.610. The van der Waals surface area contributed by atoms with Crippen molar-refractivity contribution < 1.29 is 9.53 Å². The van der Waals surface area contributed by atoms with Gasteiger partial charge in [0.25, 0.3) is 0 Å². The molecular weight excluding hydrogens is 144 g/mol. The van der Waals surface area contributed by atoms with Crippen LogP contribution in [-0.2, 0) is 9.53 Å². The minimum absolute atomic E-state index is 0.0990. The van der Waals surface area contributed by atoms with E-state index in [0.717, 1.165) is 19.6 Å². The van der Waals surface area contributed by atoms with Crippen LogP contribution in [0.4, 0.5) is 0 Å². The molecule has 1 amide bonds. The lowest BCUT2D eigenvalue weighted by Gasteiger charge is -2.15. The van der Waals surface area contributed by atoms with Crippen molar-refractivity contribution in [1.82, 2.24) is 10.6 Å². The van der Waals surface area contributed by atoms with E-state index < -0.39 is 0 Å². The summed E-state index contributed by atoms with van der Waals surface area (Å²) in [6.45, 7) is 2.07. The first-order valence-electron chi connectivity index (χ1n) is 3.97. The van der Waals surface area contributed by atoms with E-state index in [2.05, 4.69) is 10.6 Å². The van der Waals surface area contributed by atoms with Crippen LogP contribution in [0.15, 0.2) is 0 Å². The molecule has 2 N–H and O–H groups in total. The lowest BCUT2D eigenvalue weighted by atomic mass is 10.1. The van der Waals surface area contributed by atoms with Crippen LogP contribution in [0.1, 0.15) is 6.42 Å². The van der Waals surface area contributed by atoms with E-state index >= 15 is 0 Å². The summed E-state index contributed by atoms with van der Waals surface area (Å²) in [6.07, 6.45) is 1.21. The van der Waals surface area contributed by atoms with Crippen LogP contribution in [0.2, 0.25) is 0 Å². The van der Waals surface area contributed by atoms with Crippen molar-refractivity contribution in [2.24, 2.45) is 5.92 Å². The SMILES string of the molecule is O=C1CNC(C2CCOC2)N1. The normalized spacial score (nSPS) is 37.6. The molecule has 0 saturated carbocycles. The molecule has 0 spiro atoms. The molecule has 0 aromatic carbocycles. The lowest BCUT2D eigenvalue weighted by Crippen LogP contribution is -2.39. The summed E-state index contributed by atoms with van der Waals surface area (Å²) < 4.78 is 5.21. The Morgan fingerprint density at radius 1 is 1.55 bits per heavy atom. The van der Waals surface area contributed by atoms with Crippen LogP contribution in [0.5, 0.6) is 0 Å². The third-order valence-corrected chi connectivity index (χ3v) is 2.24. The van der Waals surface area contributed by atoms with Crippen molar-refractivity contribution in [2.75, 3.05) is 19.8 Å². The third kappa shape index (κ3) is 1.36. The van der Waals surface area contributed by atoms with Gasteiger partial charge in [0.1, 0.15) is 0 Å². The first kappa shape index (κ1) is 7.06. The van der Waals surface area contributed by atoms with Crippen LogP contribution >= 0.6 is 0 Å². The van der Waals surface area contributed by atoms with E-state index in [0.29, 0.717) is 12.5 Å². The summed E-state index contributed by atoms with van der Waals surface area (Å²) in [5.41, 5.74) is 0. The largest absolute Gasteiger partial charge is 0.381 e. The Morgan fingerprint density at radius 3 is 3.00 bits per heavy atom. The quantitative estimate of drug-likeness (QED) is 0.515. The molecule has 0 radical (unpaired) electrons. The summed E-state index contributed by atoms with van der Waals surface area (Å²) in [6, 6.07) is 0. The molecule has 0 aliphatic carbocycles. The molecule has 2 fully saturated rings. The number of nitrogens with one attached hydrogen (secondary N) is 2. The van der Waals surface area contributed by atoms with Crippen LogP contribution in [0, 0.1) is 5.92 Å². The van der Waals surface area contributed by atoms with Crippen LogP contribution in [-0.4, -0.2) is 31.8 Å². The number of carbonyl (C=O) groups excluding carboxylic acids is 1. The predicted molar refractivity (Wildman–Crippen MR) is 38.9 cm³/mol. The molecule has 2 saturated heterocycles. The van der Waals surface area contributed by atoms with Gasteiger partial charge < -0.3 is 10.1 Å². The van der Waals surface area contributed by atoms with Gasteiger partial charge in [-0.3, -0.25) is 10.1 Å². The number of carbonyl (C=O) groups is 1. The van der Waals surface area contributed by atoms with Crippen molar-refractivity contribution in [1.29, 1.82) is 0 Å². The average molecular weight is 156 g/mol. The van der Waals surface area contributed by atoms with Gasteiger partial charge in [-0.05, 0) is 6.42 Å². The van der Waals surface area contributed by atoms with Gasteiger partial charge in [-0.1, -0.05) is 0 Å². The molecule has 0 aromatic heterocycles. The summed E-state index contributed by atoms with van der Waals surface area (Å²) in [4.78, 5) is 10.8. The van der Waals surface area contributed by atoms with Crippen LogP contribution < -0.4 is 10.6 Å². The Bertz CT molecular complexity index is 166. The highest BCUT2D eigenvalue weighted by Crippen LogP contribution is 2.16. The topological polar surface area (TPSA) is 50.4 Å². The van der Waals surface area contributed by atoms with Gasteiger partial charge in [-0.25, -0.2) is 0 Å². The molecule has 11 heavy (non-hydrogen) atoms. The predicted octanol–water partition coefficient (Wildman–Crippen LogP) is -0.932. The van der Waals surface area contributed by atoms with Gasteiger partial charge in [-0.15, -0.1) is 0 Å². The molecule has 62 valence electrons. The number of hydrogen-bond donors (Lipinski definition) is 2. The second-order valence-electron chi connectivity index (χ2n) is 3.05. The highest BCUT2D eigenvalue weighted by atomic mass is 16.5. The van der Waals surface area contributed by atoms with Crippen molar-refractivity contribution in [3.63, 3.8) is 0 Å². The maximum atomic E-state index is 10.8. The molecule has 2 aliphatic heterocycles. The monoisotopic (exact) mass is 156 g/mol. The van der Waals surface area contributed by atoms with E-state index in [1.54, 1.807) is 0 Å². The average Bonchev–Trinajstić information content (AvgIpc) is 2.55. The fraction of sp³-hybridized carbons (Fsp3) is 0.857. The highest BCUT2D eigenvalue weighted by Gasteiger charge is 2.30. The van der Waals surface area contributed by atoms with E-state index in [-0.39, 0.29) is 12.1 Å². The highest BCUT2D eigenvalue weighted by molar-refractivity contribution is 5.80. The Morgan fingerprint density at radius 2 is 2.45 bits per heavy atom. The van der Waals surface area contributed by atoms with E-state index in [9.17, 15) is 4.79 Å². The maximum Gasteiger partial charge on any atom is 0.235 e. The Labute approximate surface area is 65.3 Å². The molecule has 2 rings (SSSR count). The summed E-state index contributed by atoms with van der Waals surface area (Å²) >= 11 is 0. The number of amides is 1. The van der Waals surface area contributed by atoms with Gasteiger partial charge >= 0.3 is 0 Å². The first-order valence-corrected chi connectivity index (χ1v) is 3.97. The smallest absolute Gasteiger partial charge is 0.235 e. The number of rotatable bonds is 1. The van der Waals surface area contributed by atoms with Crippen molar-refractivity contribution in [2.45, 2.75) is 12.6 Å². The fourth-order valence-electron chi connectivity index (χ4n) is 1.58. The maximum absolute atomic E-state index is 10.8. The van der Waals surface area contributed by atoms with Gasteiger partial charge in [0.2, 0.25) is 5.91 Å². The van der Waals surface area contributed by atoms with Crippen molar-refractivity contribution >= 4 is 5.91 Å². The second kappa shape index (κ2) is 2.79. The molecule has 4 heteroatoms. The van der Waals surface area contributed by atoms with Gasteiger partial charge in [-0.2, -0.15) is 0 Å². The molecular formula is C7H12N2O2. The molecule has 2 aliphatic rings.